The van der Waals surface area contributed by atoms with E-state index >= 15 is 0 Å². The van der Waals surface area contributed by atoms with Crippen LogP contribution < -0.4 is 15.8 Å². The van der Waals surface area contributed by atoms with Gasteiger partial charge in [-0.15, -0.1) is 0 Å². The molecule has 1 rings (SSSR count). The first kappa shape index (κ1) is 14.0. The van der Waals surface area contributed by atoms with Crippen LogP contribution in [-0.2, 0) is 0 Å². The van der Waals surface area contributed by atoms with Crippen molar-refractivity contribution in [2.75, 3.05) is 20.2 Å². The van der Waals surface area contributed by atoms with Crippen molar-refractivity contribution in [1.82, 2.24) is 5.32 Å². The fraction of sp³-hybridized carbons (Fsp3) is 0.417. The van der Waals surface area contributed by atoms with Crippen LogP contribution in [0, 0.1) is 5.92 Å². The van der Waals surface area contributed by atoms with E-state index in [1.165, 1.54) is 0 Å². The molecule has 0 aromatic heterocycles. The minimum atomic E-state index is -0.103. The van der Waals surface area contributed by atoms with Crippen LogP contribution in [0.25, 0.3) is 0 Å². The highest BCUT2D eigenvalue weighted by Gasteiger charge is 2.09. The van der Waals surface area contributed by atoms with Crippen LogP contribution in [0.15, 0.2) is 22.7 Å². The zero-order valence-electron chi connectivity index (χ0n) is 10.00. The van der Waals surface area contributed by atoms with Gasteiger partial charge in [0.05, 0.1) is 11.6 Å². The fourth-order valence-electron chi connectivity index (χ4n) is 1.26. The van der Waals surface area contributed by atoms with Crippen LogP contribution in [0.4, 0.5) is 0 Å². The molecule has 0 aliphatic heterocycles. The van der Waals surface area contributed by atoms with Crippen molar-refractivity contribution in [3.05, 3.63) is 28.2 Å². The minimum Gasteiger partial charge on any atom is -0.496 e. The molecule has 1 amide bonds. The van der Waals surface area contributed by atoms with Gasteiger partial charge in [-0.3, -0.25) is 4.79 Å². The number of nitrogens with one attached hydrogen (secondary N) is 1. The summed E-state index contributed by atoms with van der Waals surface area (Å²) >= 11 is 3.34. The van der Waals surface area contributed by atoms with Crippen molar-refractivity contribution >= 4 is 21.8 Å². The molecular formula is C12H17BrN2O2. The molecule has 0 fully saturated rings. The fourth-order valence-corrected chi connectivity index (χ4v) is 1.80. The molecule has 0 radical (unpaired) electrons. The van der Waals surface area contributed by atoms with Crippen LogP contribution in [0.5, 0.6) is 5.75 Å². The van der Waals surface area contributed by atoms with Gasteiger partial charge >= 0.3 is 0 Å². The molecule has 0 aliphatic carbocycles. The van der Waals surface area contributed by atoms with Gasteiger partial charge in [-0.05, 0) is 46.6 Å². The van der Waals surface area contributed by atoms with Gasteiger partial charge in [0.2, 0.25) is 0 Å². The molecule has 0 aliphatic rings. The van der Waals surface area contributed by atoms with E-state index in [1.54, 1.807) is 25.3 Å². The summed E-state index contributed by atoms with van der Waals surface area (Å²) in [5.41, 5.74) is 6.08. The predicted octanol–water partition coefficient (Wildman–Crippen LogP) is 1.78. The molecule has 3 N–H and O–H groups in total. The molecule has 94 valence electrons. The van der Waals surface area contributed by atoms with Crippen LogP contribution in [0.3, 0.4) is 0 Å². The van der Waals surface area contributed by atoms with Crippen molar-refractivity contribution < 1.29 is 9.53 Å². The Morgan fingerprint density at radius 3 is 2.82 bits per heavy atom. The molecule has 1 aromatic rings. The summed E-state index contributed by atoms with van der Waals surface area (Å²) in [6, 6.07) is 5.22. The summed E-state index contributed by atoms with van der Waals surface area (Å²) in [6.07, 6.45) is 0. The van der Waals surface area contributed by atoms with Crippen molar-refractivity contribution in [1.29, 1.82) is 0 Å². The monoisotopic (exact) mass is 300 g/mol. The Balaban J connectivity index is 2.66. The second-order valence-corrected chi connectivity index (χ2v) is 4.75. The summed E-state index contributed by atoms with van der Waals surface area (Å²) < 4.78 is 5.86. The number of carbonyl (C=O) groups excluding carboxylic acids is 1. The normalized spacial score (nSPS) is 12.0. The molecule has 1 aromatic carbocycles. The first-order chi connectivity index (χ1) is 8.08. The quantitative estimate of drug-likeness (QED) is 0.871. The Kier molecular flexibility index (Phi) is 5.44. The van der Waals surface area contributed by atoms with E-state index in [9.17, 15) is 4.79 Å². The first-order valence-corrected chi connectivity index (χ1v) is 6.19. The molecule has 17 heavy (non-hydrogen) atoms. The molecule has 0 bridgehead atoms. The van der Waals surface area contributed by atoms with Gasteiger partial charge < -0.3 is 15.8 Å². The van der Waals surface area contributed by atoms with E-state index in [0.29, 0.717) is 24.4 Å². The van der Waals surface area contributed by atoms with E-state index in [4.69, 9.17) is 10.5 Å². The van der Waals surface area contributed by atoms with Gasteiger partial charge in [0, 0.05) is 12.1 Å². The third-order valence-electron chi connectivity index (χ3n) is 2.43. The van der Waals surface area contributed by atoms with E-state index in [2.05, 4.69) is 21.2 Å². The van der Waals surface area contributed by atoms with Crippen LogP contribution in [-0.4, -0.2) is 26.1 Å². The number of hydrogen-bond acceptors (Lipinski definition) is 3. The molecule has 5 heteroatoms. The summed E-state index contributed by atoms with van der Waals surface area (Å²) in [6.45, 7) is 3.13. The third-order valence-corrected chi connectivity index (χ3v) is 3.05. The summed E-state index contributed by atoms with van der Waals surface area (Å²) in [5.74, 6) is 0.881. The number of benzene rings is 1. The predicted molar refractivity (Wildman–Crippen MR) is 71.2 cm³/mol. The number of nitrogens with two attached hydrogens (primary N) is 1. The van der Waals surface area contributed by atoms with Crippen molar-refractivity contribution in [2.45, 2.75) is 6.92 Å². The molecule has 1 unspecified atom stereocenters. The number of rotatable bonds is 5. The first-order valence-electron chi connectivity index (χ1n) is 5.40. The number of carbonyl (C=O) groups is 1. The van der Waals surface area contributed by atoms with Gasteiger partial charge in [-0.1, -0.05) is 6.92 Å². The SMILES string of the molecule is COc1ccc(C(=O)NCC(C)CN)cc1Br. The Morgan fingerprint density at radius 1 is 1.59 bits per heavy atom. The molecule has 1 atom stereocenters. The Hall–Kier alpha value is -1.07. The summed E-state index contributed by atoms with van der Waals surface area (Å²) in [7, 11) is 1.59. The van der Waals surface area contributed by atoms with E-state index < -0.39 is 0 Å². The number of amides is 1. The Morgan fingerprint density at radius 2 is 2.29 bits per heavy atom. The zero-order valence-corrected chi connectivity index (χ0v) is 11.6. The van der Waals surface area contributed by atoms with Gasteiger partial charge in [0.25, 0.3) is 5.91 Å². The van der Waals surface area contributed by atoms with Gasteiger partial charge in [-0.2, -0.15) is 0 Å². The van der Waals surface area contributed by atoms with Crippen molar-refractivity contribution in [3.8, 4) is 5.75 Å². The minimum absolute atomic E-state index is 0.103. The number of ether oxygens (including phenoxy) is 1. The lowest BCUT2D eigenvalue weighted by atomic mass is 10.1. The van der Waals surface area contributed by atoms with Crippen molar-refractivity contribution in [2.24, 2.45) is 11.7 Å². The number of hydrogen-bond donors (Lipinski definition) is 2. The van der Waals surface area contributed by atoms with E-state index in [0.717, 1.165) is 4.47 Å². The molecule has 0 saturated heterocycles. The van der Waals surface area contributed by atoms with Gasteiger partial charge in [0.15, 0.2) is 0 Å². The molecule has 4 nitrogen and oxygen atoms in total. The zero-order chi connectivity index (χ0) is 12.8. The maximum atomic E-state index is 11.8. The van der Waals surface area contributed by atoms with Gasteiger partial charge in [0.1, 0.15) is 5.75 Å². The maximum absolute atomic E-state index is 11.8. The standard InChI is InChI=1S/C12H17BrN2O2/c1-8(6-14)7-15-12(16)9-3-4-11(17-2)10(13)5-9/h3-5,8H,6-7,14H2,1-2H3,(H,15,16). The van der Waals surface area contributed by atoms with E-state index in [1.807, 2.05) is 6.92 Å². The Labute approximate surface area is 110 Å². The second-order valence-electron chi connectivity index (χ2n) is 3.90. The number of halogens is 1. The highest BCUT2D eigenvalue weighted by atomic mass is 79.9. The number of methoxy groups -OCH3 is 1. The van der Waals surface area contributed by atoms with Crippen molar-refractivity contribution in [3.63, 3.8) is 0 Å². The largest absolute Gasteiger partial charge is 0.496 e. The average Bonchev–Trinajstić information content (AvgIpc) is 2.35. The molecular weight excluding hydrogens is 284 g/mol. The molecule has 0 heterocycles. The Bertz CT molecular complexity index is 396. The molecule has 0 saturated carbocycles. The summed E-state index contributed by atoms with van der Waals surface area (Å²) in [4.78, 5) is 11.8. The summed E-state index contributed by atoms with van der Waals surface area (Å²) in [5, 5.41) is 2.83. The lowest BCUT2D eigenvalue weighted by Gasteiger charge is -2.11. The topological polar surface area (TPSA) is 64.3 Å². The van der Waals surface area contributed by atoms with Crippen LogP contribution in [0.2, 0.25) is 0 Å². The lowest BCUT2D eigenvalue weighted by Crippen LogP contribution is -2.31. The third kappa shape index (κ3) is 4.02. The lowest BCUT2D eigenvalue weighted by molar-refractivity contribution is 0.0948. The average molecular weight is 301 g/mol. The van der Waals surface area contributed by atoms with Crippen LogP contribution in [0.1, 0.15) is 17.3 Å². The smallest absolute Gasteiger partial charge is 0.251 e. The van der Waals surface area contributed by atoms with Crippen LogP contribution >= 0.6 is 15.9 Å². The highest BCUT2D eigenvalue weighted by molar-refractivity contribution is 9.10. The molecule has 0 spiro atoms. The van der Waals surface area contributed by atoms with E-state index in [-0.39, 0.29) is 11.8 Å². The van der Waals surface area contributed by atoms with Gasteiger partial charge in [-0.25, -0.2) is 0 Å². The second kappa shape index (κ2) is 6.61. The highest BCUT2D eigenvalue weighted by Crippen LogP contribution is 2.25. The maximum Gasteiger partial charge on any atom is 0.251 e.